The second-order valence-corrected chi connectivity index (χ2v) is 7.35. The first kappa shape index (κ1) is 20.4. The van der Waals surface area contributed by atoms with Crippen LogP contribution in [-0.2, 0) is 16.1 Å². The van der Waals surface area contributed by atoms with Crippen LogP contribution < -0.4 is 10.2 Å². The monoisotopic (exact) mass is 414 g/mol. The van der Waals surface area contributed by atoms with Gasteiger partial charge in [0.15, 0.2) is 11.5 Å². The highest BCUT2D eigenvalue weighted by Crippen LogP contribution is 2.25. The van der Waals surface area contributed by atoms with Crippen molar-refractivity contribution in [2.24, 2.45) is 0 Å². The van der Waals surface area contributed by atoms with Gasteiger partial charge in [0.05, 0.1) is 5.39 Å². The summed E-state index contributed by atoms with van der Waals surface area (Å²) in [6.45, 7) is 3.79. The summed E-state index contributed by atoms with van der Waals surface area (Å²) in [6.07, 6.45) is -0.819. The molecule has 0 saturated carbocycles. The average molecular weight is 414 g/mol. The molecule has 0 amide bonds. The summed E-state index contributed by atoms with van der Waals surface area (Å²) >= 11 is 0. The predicted octanol–water partition coefficient (Wildman–Crippen LogP) is 5.28. The second-order valence-electron chi connectivity index (χ2n) is 7.35. The van der Waals surface area contributed by atoms with Crippen molar-refractivity contribution in [2.45, 2.75) is 26.6 Å². The fourth-order valence-corrected chi connectivity index (χ4v) is 3.17. The minimum atomic E-state index is -0.819. The van der Waals surface area contributed by atoms with Crippen LogP contribution in [0.3, 0.4) is 0 Å². The van der Waals surface area contributed by atoms with Crippen molar-refractivity contribution in [3.05, 3.63) is 100 Å². The Bertz CT molecular complexity index is 1260. The van der Waals surface area contributed by atoms with Crippen molar-refractivity contribution in [1.82, 2.24) is 0 Å². The van der Waals surface area contributed by atoms with Crippen molar-refractivity contribution < 1.29 is 18.7 Å². The van der Waals surface area contributed by atoms with Gasteiger partial charge in [-0.3, -0.25) is 4.79 Å². The molecule has 5 heteroatoms. The van der Waals surface area contributed by atoms with Gasteiger partial charge in [-0.25, -0.2) is 4.79 Å². The molecule has 1 aromatic heterocycles. The number of rotatable bonds is 6. The Balaban J connectivity index is 1.49. The lowest BCUT2D eigenvalue weighted by atomic mass is 10.1. The molecule has 5 nitrogen and oxygen atoms in total. The zero-order valence-electron chi connectivity index (χ0n) is 17.3. The first-order valence-electron chi connectivity index (χ1n) is 10.0. The third kappa shape index (κ3) is 4.83. The molecule has 0 aliphatic heterocycles. The van der Waals surface area contributed by atoms with Gasteiger partial charge in [-0.15, -0.1) is 0 Å². The maximum Gasteiger partial charge on any atom is 0.347 e. The Labute approximate surface area is 179 Å². The van der Waals surface area contributed by atoms with E-state index in [1.54, 1.807) is 25.1 Å². The van der Waals surface area contributed by atoms with Crippen LogP contribution in [0.1, 0.15) is 18.1 Å². The second kappa shape index (κ2) is 8.88. The molecule has 4 rings (SSSR count). The molecule has 4 aromatic rings. The smallest absolute Gasteiger partial charge is 0.347 e. The molecule has 0 unspecified atom stereocenters. The lowest BCUT2D eigenvalue weighted by Crippen LogP contribution is -2.26. The van der Waals surface area contributed by atoms with Crippen LogP contribution in [0.25, 0.3) is 22.3 Å². The summed E-state index contributed by atoms with van der Waals surface area (Å²) in [6, 6.07) is 23.6. The molecule has 0 saturated heterocycles. The molecule has 0 spiro atoms. The molecule has 31 heavy (non-hydrogen) atoms. The van der Waals surface area contributed by atoms with E-state index in [2.05, 4.69) is 0 Å². The Hall–Kier alpha value is -3.86. The van der Waals surface area contributed by atoms with E-state index in [1.165, 1.54) is 6.07 Å². The summed E-state index contributed by atoms with van der Waals surface area (Å²) in [4.78, 5) is 24.9. The topological polar surface area (TPSA) is 65.7 Å². The number of fused-ring (bicyclic) bond motifs is 1. The summed E-state index contributed by atoms with van der Waals surface area (Å²) in [5.41, 5.74) is 3.14. The Morgan fingerprint density at radius 3 is 2.45 bits per heavy atom. The number of ether oxygens (including phenoxy) is 2. The molecule has 3 aromatic carbocycles. The maximum absolute atomic E-state index is 12.7. The van der Waals surface area contributed by atoms with E-state index in [0.717, 1.165) is 16.7 Å². The zero-order chi connectivity index (χ0) is 21.8. The molecule has 156 valence electrons. The van der Waals surface area contributed by atoms with Crippen molar-refractivity contribution in [2.75, 3.05) is 0 Å². The average Bonchev–Trinajstić information content (AvgIpc) is 2.79. The van der Waals surface area contributed by atoms with Crippen LogP contribution in [-0.4, -0.2) is 12.1 Å². The minimum absolute atomic E-state index is 0.177. The Morgan fingerprint density at radius 2 is 1.71 bits per heavy atom. The van der Waals surface area contributed by atoms with E-state index in [4.69, 9.17) is 13.9 Å². The van der Waals surface area contributed by atoms with E-state index >= 15 is 0 Å². The standard InChI is InChI=1S/C26H22O5/c1-17-8-10-20(11-9-17)25-15-23(27)22-14-21(12-13-24(22)31-25)30-18(2)26(28)29-16-19-6-4-3-5-7-19/h3-15,18H,16H2,1-2H3/t18-/m0/s1. The van der Waals surface area contributed by atoms with E-state index in [1.807, 2.05) is 61.5 Å². The zero-order valence-corrected chi connectivity index (χ0v) is 17.3. The molecule has 0 N–H and O–H groups in total. The van der Waals surface area contributed by atoms with E-state index < -0.39 is 12.1 Å². The van der Waals surface area contributed by atoms with Crippen LogP contribution in [0.15, 0.2) is 88.1 Å². The maximum atomic E-state index is 12.7. The Morgan fingerprint density at radius 1 is 0.968 bits per heavy atom. The first-order chi connectivity index (χ1) is 15.0. The van der Waals surface area contributed by atoms with Gasteiger partial charge in [-0.2, -0.15) is 0 Å². The van der Waals surface area contributed by atoms with Gasteiger partial charge in [0.1, 0.15) is 23.7 Å². The number of benzene rings is 3. The van der Waals surface area contributed by atoms with Gasteiger partial charge < -0.3 is 13.9 Å². The molecule has 1 atom stereocenters. The van der Waals surface area contributed by atoms with Crippen LogP contribution in [0.5, 0.6) is 5.75 Å². The molecule has 0 bridgehead atoms. The van der Waals surface area contributed by atoms with Crippen molar-refractivity contribution in [3.63, 3.8) is 0 Å². The largest absolute Gasteiger partial charge is 0.479 e. The Kier molecular flexibility index (Phi) is 5.85. The van der Waals surface area contributed by atoms with Crippen LogP contribution in [0.4, 0.5) is 0 Å². The normalized spacial score (nSPS) is 11.8. The highest BCUT2D eigenvalue weighted by atomic mass is 16.6. The van der Waals surface area contributed by atoms with E-state index in [0.29, 0.717) is 22.5 Å². The van der Waals surface area contributed by atoms with Crippen LogP contribution >= 0.6 is 0 Å². The fourth-order valence-electron chi connectivity index (χ4n) is 3.17. The number of carbonyl (C=O) groups excluding carboxylic acids is 1. The summed E-state index contributed by atoms with van der Waals surface area (Å²) < 4.78 is 16.9. The minimum Gasteiger partial charge on any atom is -0.479 e. The highest BCUT2D eigenvalue weighted by Gasteiger charge is 2.17. The third-order valence-electron chi connectivity index (χ3n) is 4.90. The predicted molar refractivity (Wildman–Crippen MR) is 119 cm³/mol. The molecular weight excluding hydrogens is 392 g/mol. The molecule has 0 aliphatic rings. The highest BCUT2D eigenvalue weighted by molar-refractivity contribution is 5.80. The van der Waals surface area contributed by atoms with E-state index in [-0.39, 0.29) is 12.0 Å². The van der Waals surface area contributed by atoms with Gasteiger partial charge in [0.25, 0.3) is 0 Å². The van der Waals surface area contributed by atoms with E-state index in [9.17, 15) is 9.59 Å². The van der Waals surface area contributed by atoms with Gasteiger partial charge in [0.2, 0.25) is 0 Å². The van der Waals surface area contributed by atoms with Gasteiger partial charge in [0, 0.05) is 11.6 Å². The quantitative estimate of drug-likeness (QED) is 0.402. The van der Waals surface area contributed by atoms with Crippen molar-refractivity contribution in [3.8, 4) is 17.1 Å². The van der Waals surface area contributed by atoms with Gasteiger partial charge in [-0.1, -0.05) is 60.2 Å². The lowest BCUT2D eigenvalue weighted by Gasteiger charge is -2.14. The number of aryl methyl sites for hydroxylation is 1. The number of hydrogen-bond donors (Lipinski definition) is 0. The first-order valence-corrected chi connectivity index (χ1v) is 10.0. The molecule has 0 fully saturated rings. The van der Waals surface area contributed by atoms with Crippen molar-refractivity contribution >= 4 is 16.9 Å². The van der Waals surface area contributed by atoms with Crippen LogP contribution in [0.2, 0.25) is 0 Å². The van der Waals surface area contributed by atoms with Crippen molar-refractivity contribution in [1.29, 1.82) is 0 Å². The molecular formula is C26H22O5. The van der Waals surface area contributed by atoms with Gasteiger partial charge >= 0.3 is 5.97 Å². The SMILES string of the molecule is Cc1ccc(-c2cc(=O)c3cc(O[C@@H](C)C(=O)OCc4ccccc4)ccc3o2)cc1. The lowest BCUT2D eigenvalue weighted by molar-refractivity contribution is -0.152. The summed E-state index contributed by atoms with van der Waals surface area (Å²) in [5.74, 6) is 0.418. The third-order valence-corrected chi connectivity index (χ3v) is 4.90. The summed E-state index contributed by atoms with van der Waals surface area (Å²) in [7, 11) is 0. The summed E-state index contributed by atoms with van der Waals surface area (Å²) in [5, 5.41) is 0.387. The number of esters is 1. The fraction of sp³-hybridized carbons (Fsp3) is 0.154. The number of carbonyl (C=O) groups is 1. The van der Waals surface area contributed by atoms with Crippen LogP contribution in [0, 0.1) is 6.92 Å². The van der Waals surface area contributed by atoms with Gasteiger partial charge in [-0.05, 0) is 37.6 Å². The number of hydrogen-bond acceptors (Lipinski definition) is 5. The molecule has 0 aliphatic carbocycles. The molecule has 1 heterocycles. The molecule has 0 radical (unpaired) electrons.